The van der Waals surface area contributed by atoms with Crippen molar-refractivity contribution in [2.24, 2.45) is 0 Å². The molecule has 0 aliphatic carbocycles. The van der Waals surface area contributed by atoms with Crippen molar-refractivity contribution in [2.75, 3.05) is 27.3 Å². The number of ether oxygens (including phenoxy) is 3. The Balaban J connectivity index is 1.46. The Morgan fingerprint density at radius 3 is 2.57 bits per heavy atom. The highest BCUT2D eigenvalue weighted by atomic mass is 16.6. The second-order valence-electron chi connectivity index (χ2n) is 7.43. The molecule has 148 valence electrons. The molecule has 0 bridgehead atoms. The van der Waals surface area contributed by atoms with E-state index in [4.69, 9.17) is 14.2 Å². The van der Waals surface area contributed by atoms with Gasteiger partial charge < -0.3 is 14.2 Å². The molecule has 0 spiro atoms. The third-order valence-corrected chi connectivity index (χ3v) is 5.66. The van der Waals surface area contributed by atoms with E-state index >= 15 is 0 Å². The van der Waals surface area contributed by atoms with Gasteiger partial charge in [-0.2, -0.15) is 0 Å². The van der Waals surface area contributed by atoms with Crippen LogP contribution in [0, 0.1) is 6.92 Å². The quantitative estimate of drug-likeness (QED) is 0.768. The minimum atomic E-state index is -0.236. The Labute approximate surface area is 165 Å². The molecule has 28 heavy (non-hydrogen) atoms. The molecule has 2 saturated heterocycles. The molecule has 0 unspecified atom stereocenters. The van der Waals surface area contributed by atoms with E-state index in [9.17, 15) is 4.79 Å². The average Bonchev–Trinajstić information content (AvgIpc) is 3.21. The highest BCUT2D eigenvalue weighted by Gasteiger charge is 2.47. The second kappa shape index (κ2) is 7.72. The number of carbonyl (C=O) groups is 1. The summed E-state index contributed by atoms with van der Waals surface area (Å²) in [6.07, 6.45) is -0.308. The zero-order valence-electron chi connectivity index (χ0n) is 16.6. The third kappa shape index (κ3) is 3.52. The first-order valence-electron chi connectivity index (χ1n) is 9.54. The predicted molar refractivity (Wildman–Crippen MR) is 106 cm³/mol. The van der Waals surface area contributed by atoms with Crippen LogP contribution in [0.2, 0.25) is 0 Å². The lowest BCUT2D eigenvalue weighted by molar-refractivity contribution is 0.119. The minimum absolute atomic E-state index is 0.0725. The van der Waals surface area contributed by atoms with E-state index in [0.717, 1.165) is 25.2 Å². The number of rotatable bonds is 6. The molecule has 2 atom stereocenters. The smallest absolute Gasteiger partial charge is 0.410 e. The maximum atomic E-state index is 12.4. The highest BCUT2D eigenvalue weighted by Crippen LogP contribution is 2.32. The van der Waals surface area contributed by atoms with E-state index in [1.54, 1.807) is 14.2 Å². The second-order valence-corrected chi connectivity index (χ2v) is 7.43. The molecule has 2 aromatic rings. The standard InChI is InChI=1S/C22H26N2O4/c1-15-6-4-5-7-17(15)12-23-13-18-21(14-23)28-22(25)24(18)11-16-8-9-19(26-2)20(10-16)27-3/h4-10,18,21H,11-14H2,1-3H3/t18-,21+/m0/s1. The van der Waals surface area contributed by atoms with Crippen LogP contribution in [0.15, 0.2) is 42.5 Å². The Kier molecular flexibility index (Phi) is 5.13. The lowest BCUT2D eigenvalue weighted by Crippen LogP contribution is -2.37. The Hall–Kier alpha value is -2.73. The van der Waals surface area contributed by atoms with Crippen molar-refractivity contribution in [3.05, 3.63) is 59.2 Å². The van der Waals surface area contributed by atoms with Crippen molar-refractivity contribution in [3.63, 3.8) is 0 Å². The molecule has 2 aromatic carbocycles. The summed E-state index contributed by atoms with van der Waals surface area (Å²) in [5.41, 5.74) is 3.60. The number of benzene rings is 2. The third-order valence-electron chi connectivity index (χ3n) is 5.66. The molecule has 2 aliphatic heterocycles. The summed E-state index contributed by atoms with van der Waals surface area (Å²) >= 11 is 0. The Morgan fingerprint density at radius 1 is 1.04 bits per heavy atom. The van der Waals surface area contributed by atoms with Crippen molar-refractivity contribution < 1.29 is 19.0 Å². The average molecular weight is 382 g/mol. The number of carbonyl (C=O) groups excluding carboxylic acids is 1. The van der Waals surface area contributed by atoms with E-state index in [1.165, 1.54) is 11.1 Å². The van der Waals surface area contributed by atoms with Gasteiger partial charge in [-0.25, -0.2) is 4.79 Å². The van der Waals surface area contributed by atoms with E-state index in [2.05, 4.69) is 36.1 Å². The van der Waals surface area contributed by atoms with Crippen LogP contribution in [0.25, 0.3) is 0 Å². The normalized spacial score (nSPS) is 21.5. The van der Waals surface area contributed by atoms with Crippen LogP contribution in [-0.2, 0) is 17.8 Å². The molecule has 6 heteroatoms. The lowest BCUT2D eigenvalue weighted by Gasteiger charge is -2.23. The molecule has 0 saturated carbocycles. The number of amides is 1. The highest BCUT2D eigenvalue weighted by molar-refractivity contribution is 5.71. The van der Waals surface area contributed by atoms with Gasteiger partial charge in [-0.1, -0.05) is 30.3 Å². The van der Waals surface area contributed by atoms with Crippen LogP contribution in [-0.4, -0.2) is 55.3 Å². The van der Waals surface area contributed by atoms with Crippen LogP contribution in [0.4, 0.5) is 4.79 Å². The van der Waals surface area contributed by atoms with Crippen molar-refractivity contribution >= 4 is 6.09 Å². The number of hydrogen-bond acceptors (Lipinski definition) is 5. The van der Waals surface area contributed by atoms with Gasteiger partial charge in [0.1, 0.15) is 6.10 Å². The first-order valence-corrected chi connectivity index (χ1v) is 9.54. The maximum Gasteiger partial charge on any atom is 0.410 e. The van der Waals surface area contributed by atoms with Crippen molar-refractivity contribution in [1.82, 2.24) is 9.80 Å². The van der Waals surface area contributed by atoms with Crippen LogP contribution < -0.4 is 9.47 Å². The SMILES string of the molecule is COc1ccc(CN2C(=O)O[C@@H]3CN(Cc4ccccc4C)C[C@@H]32)cc1OC. The van der Waals surface area contributed by atoms with Crippen molar-refractivity contribution in [1.29, 1.82) is 0 Å². The van der Waals surface area contributed by atoms with Gasteiger partial charge in [-0.05, 0) is 35.7 Å². The fourth-order valence-electron chi connectivity index (χ4n) is 4.10. The number of fused-ring (bicyclic) bond motifs is 1. The number of aryl methyl sites for hydroxylation is 1. The van der Waals surface area contributed by atoms with Gasteiger partial charge in [-0.3, -0.25) is 9.80 Å². The molecule has 2 aliphatic rings. The summed E-state index contributed by atoms with van der Waals surface area (Å²) in [7, 11) is 3.23. The summed E-state index contributed by atoms with van der Waals surface area (Å²) in [4.78, 5) is 16.6. The molecular weight excluding hydrogens is 356 g/mol. The summed E-state index contributed by atoms with van der Waals surface area (Å²) in [5.74, 6) is 1.34. The van der Waals surface area contributed by atoms with E-state index < -0.39 is 0 Å². The van der Waals surface area contributed by atoms with Gasteiger partial charge in [0.2, 0.25) is 0 Å². The monoisotopic (exact) mass is 382 g/mol. The molecule has 0 N–H and O–H groups in total. The van der Waals surface area contributed by atoms with E-state index in [1.807, 2.05) is 23.1 Å². The minimum Gasteiger partial charge on any atom is -0.493 e. The first-order chi connectivity index (χ1) is 13.6. The zero-order chi connectivity index (χ0) is 19.7. The largest absolute Gasteiger partial charge is 0.493 e. The fourth-order valence-corrected chi connectivity index (χ4v) is 4.10. The number of hydrogen-bond donors (Lipinski definition) is 0. The molecule has 6 nitrogen and oxygen atoms in total. The van der Waals surface area contributed by atoms with Crippen molar-refractivity contribution in [3.8, 4) is 11.5 Å². The van der Waals surface area contributed by atoms with Gasteiger partial charge in [0.15, 0.2) is 11.5 Å². The molecule has 2 fully saturated rings. The van der Waals surface area contributed by atoms with Gasteiger partial charge in [0.25, 0.3) is 0 Å². The number of likely N-dealkylation sites (tertiary alicyclic amines) is 1. The van der Waals surface area contributed by atoms with Crippen LogP contribution in [0.1, 0.15) is 16.7 Å². The molecule has 2 heterocycles. The van der Waals surface area contributed by atoms with Gasteiger partial charge in [-0.15, -0.1) is 0 Å². The maximum absolute atomic E-state index is 12.4. The molecule has 4 rings (SSSR count). The predicted octanol–water partition coefficient (Wildman–Crippen LogP) is 3.22. The van der Waals surface area contributed by atoms with Crippen LogP contribution in [0.3, 0.4) is 0 Å². The summed E-state index contributed by atoms with van der Waals surface area (Å²) in [6, 6.07) is 14.2. The number of methoxy groups -OCH3 is 2. The van der Waals surface area contributed by atoms with Gasteiger partial charge in [0, 0.05) is 26.2 Å². The molecular formula is C22H26N2O4. The fraction of sp³-hybridized carbons (Fsp3) is 0.409. The summed E-state index contributed by atoms with van der Waals surface area (Å²) in [6.45, 7) is 5.10. The topological polar surface area (TPSA) is 51.2 Å². The summed E-state index contributed by atoms with van der Waals surface area (Å²) in [5, 5.41) is 0. The van der Waals surface area contributed by atoms with Crippen LogP contribution in [0.5, 0.6) is 11.5 Å². The molecule has 0 radical (unpaired) electrons. The lowest BCUT2D eigenvalue weighted by atomic mass is 10.1. The summed E-state index contributed by atoms with van der Waals surface area (Å²) < 4.78 is 16.3. The first kappa shape index (κ1) is 18.6. The number of nitrogens with zero attached hydrogens (tertiary/aromatic N) is 2. The van der Waals surface area contributed by atoms with Gasteiger partial charge in [0.05, 0.1) is 20.3 Å². The molecule has 0 aromatic heterocycles. The zero-order valence-corrected chi connectivity index (χ0v) is 16.6. The van der Waals surface area contributed by atoms with Gasteiger partial charge >= 0.3 is 6.09 Å². The Bertz CT molecular complexity index is 869. The van der Waals surface area contributed by atoms with E-state index in [0.29, 0.717) is 18.0 Å². The van der Waals surface area contributed by atoms with Crippen molar-refractivity contribution in [2.45, 2.75) is 32.2 Å². The van der Waals surface area contributed by atoms with E-state index in [-0.39, 0.29) is 18.2 Å². The van der Waals surface area contributed by atoms with Crippen LogP contribution >= 0.6 is 0 Å². The Morgan fingerprint density at radius 2 is 1.82 bits per heavy atom. The molecule has 1 amide bonds.